The standard InChI is InChI=1S/C18H22Cl2N4OS/c1-3-5-6-9-21-16(25)12-26-18-23-22-17(24(18)10-4-2)14-8-7-13(19)11-15(14)20/h4,7-8,11H,2-3,5-6,9-10,12H2,1H3,(H,21,25). The minimum Gasteiger partial charge on any atom is -0.355 e. The number of hydrogen-bond acceptors (Lipinski definition) is 4. The summed E-state index contributed by atoms with van der Waals surface area (Å²) in [6.45, 7) is 7.14. The first-order chi connectivity index (χ1) is 12.6. The predicted octanol–water partition coefficient (Wildman–Crippen LogP) is 4.84. The number of amides is 1. The molecule has 0 saturated carbocycles. The van der Waals surface area contributed by atoms with Crippen LogP contribution in [0.3, 0.4) is 0 Å². The van der Waals surface area contributed by atoms with Gasteiger partial charge in [0.25, 0.3) is 0 Å². The molecule has 0 unspecified atom stereocenters. The van der Waals surface area contributed by atoms with E-state index in [1.807, 2.05) is 10.6 Å². The predicted molar refractivity (Wildman–Crippen MR) is 109 cm³/mol. The summed E-state index contributed by atoms with van der Waals surface area (Å²) in [7, 11) is 0. The molecule has 26 heavy (non-hydrogen) atoms. The summed E-state index contributed by atoms with van der Waals surface area (Å²) < 4.78 is 1.89. The molecule has 1 heterocycles. The normalized spacial score (nSPS) is 10.7. The van der Waals surface area contributed by atoms with E-state index in [2.05, 4.69) is 29.0 Å². The molecule has 0 saturated heterocycles. The van der Waals surface area contributed by atoms with Gasteiger partial charge in [0.05, 0.1) is 10.8 Å². The molecule has 0 aliphatic rings. The van der Waals surface area contributed by atoms with Gasteiger partial charge in [0, 0.05) is 23.7 Å². The first kappa shape index (κ1) is 20.8. The number of rotatable bonds is 10. The highest BCUT2D eigenvalue weighted by Gasteiger charge is 2.17. The van der Waals surface area contributed by atoms with Crippen LogP contribution in [0, 0.1) is 0 Å². The van der Waals surface area contributed by atoms with E-state index in [-0.39, 0.29) is 11.7 Å². The van der Waals surface area contributed by atoms with Crippen molar-refractivity contribution >= 4 is 40.9 Å². The highest BCUT2D eigenvalue weighted by Crippen LogP contribution is 2.31. The Morgan fingerprint density at radius 1 is 1.35 bits per heavy atom. The number of unbranched alkanes of at least 4 members (excludes halogenated alkanes) is 2. The molecular formula is C18H22Cl2N4OS. The molecule has 2 aromatic rings. The molecule has 1 aromatic carbocycles. The number of halogens is 2. The van der Waals surface area contributed by atoms with Gasteiger partial charge in [-0.1, -0.05) is 60.8 Å². The largest absolute Gasteiger partial charge is 0.355 e. The number of aromatic nitrogens is 3. The van der Waals surface area contributed by atoms with E-state index in [0.717, 1.165) is 24.8 Å². The van der Waals surface area contributed by atoms with Crippen molar-refractivity contribution in [2.75, 3.05) is 12.3 Å². The van der Waals surface area contributed by atoms with Crippen molar-refractivity contribution in [1.29, 1.82) is 0 Å². The molecule has 0 aliphatic carbocycles. The average molecular weight is 413 g/mol. The molecule has 1 N–H and O–H groups in total. The first-order valence-corrected chi connectivity index (χ1v) is 10.2. The Hall–Kier alpha value is -1.50. The number of benzene rings is 1. The molecule has 1 amide bonds. The Morgan fingerprint density at radius 2 is 2.15 bits per heavy atom. The maximum Gasteiger partial charge on any atom is 0.230 e. The van der Waals surface area contributed by atoms with Crippen LogP contribution >= 0.6 is 35.0 Å². The summed E-state index contributed by atoms with van der Waals surface area (Å²) in [6.07, 6.45) is 5.00. The maximum atomic E-state index is 12.0. The Labute approximate surface area is 168 Å². The molecule has 5 nitrogen and oxygen atoms in total. The fourth-order valence-electron chi connectivity index (χ4n) is 2.34. The average Bonchev–Trinajstić information content (AvgIpc) is 3.00. The number of allylic oxidation sites excluding steroid dienone is 1. The lowest BCUT2D eigenvalue weighted by atomic mass is 10.2. The second kappa shape index (κ2) is 10.6. The minimum atomic E-state index is -0.00895. The van der Waals surface area contributed by atoms with E-state index in [1.54, 1.807) is 18.2 Å². The fraction of sp³-hybridized carbons (Fsp3) is 0.389. The van der Waals surface area contributed by atoms with Crippen molar-refractivity contribution in [2.45, 2.75) is 37.9 Å². The van der Waals surface area contributed by atoms with Crippen molar-refractivity contribution in [1.82, 2.24) is 20.1 Å². The van der Waals surface area contributed by atoms with Crippen LogP contribution in [0.4, 0.5) is 0 Å². The van der Waals surface area contributed by atoms with E-state index in [9.17, 15) is 4.79 Å². The van der Waals surface area contributed by atoms with Crippen molar-refractivity contribution in [3.63, 3.8) is 0 Å². The van der Waals surface area contributed by atoms with Crippen LogP contribution in [0.1, 0.15) is 26.2 Å². The molecule has 0 aliphatic heterocycles. The van der Waals surface area contributed by atoms with Crippen molar-refractivity contribution < 1.29 is 4.79 Å². The number of nitrogens with zero attached hydrogens (tertiary/aromatic N) is 3. The Kier molecular flexibility index (Phi) is 8.48. The summed E-state index contributed by atoms with van der Waals surface area (Å²) in [5, 5.41) is 13.1. The zero-order valence-electron chi connectivity index (χ0n) is 14.7. The zero-order valence-corrected chi connectivity index (χ0v) is 17.0. The lowest BCUT2D eigenvalue weighted by Gasteiger charge is -2.09. The second-order valence-electron chi connectivity index (χ2n) is 5.68. The molecule has 0 atom stereocenters. The van der Waals surface area contributed by atoms with E-state index in [0.29, 0.717) is 34.1 Å². The zero-order chi connectivity index (χ0) is 18.9. The molecule has 0 fully saturated rings. The minimum absolute atomic E-state index is 0.00895. The third kappa shape index (κ3) is 5.76. The topological polar surface area (TPSA) is 59.8 Å². The van der Waals surface area contributed by atoms with Crippen LogP contribution in [-0.4, -0.2) is 33.0 Å². The quantitative estimate of drug-likeness (QED) is 0.344. The van der Waals surface area contributed by atoms with Gasteiger partial charge in [0.2, 0.25) is 5.91 Å². The third-order valence-electron chi connectivity index (χ3n) is 3.64. The lowest BCUT2D eigenvalue weighted by Crippen LogP contribution is -2.26. The van der Waals surface area contributed by atoms with E-state index in [1.165, 1.54) is 11.8 Å². The summed E-state index contributed by atoms with van der Waals surface area (Å²) in [4.78, 5) is 12.0. The molecule has 0 radical (unpaired) electrons. The highest BCUT2D eigenvalue weighted by atomic mass is 35.5. The van der Waals surface area contributed by atoms with Crippen LogP contribution in [0.2, 0.25) is 10.0 Å². The maximum absolute atomic E-state index is 12.0. The molecular weight excluding hydrogens is 391 g/mol. The van der Waals surface area contributed by atoms with Gasteiger partial charge in [-0.3, -0.25) is 9.36 Å². The summed E-state index contributed by atoms with van der Waals surface area (Å²) in [5.74, 6) is 0.901. The number of carbonyl (C=O) groups excluding carboxylic acids is 1. The molecule has 140 valence electrons. The van der Waals surface area contributed by atoms with Gasteiger partial charge in [-0.25, -0.2) is 0 Å². The van der Waals surface area contributed by atoms with Gasteiger partial charge < -0.3 is 5.32 Å². The van der Waals surface area contributed by atoms with Gasteiger partial charge in [0.15, 0.2) is 11.0 Å². The van der Waals surface area contributed by atoms with E-state index >= 15 is 0 Å². The third-order valence-corrected chi connectivity index (χ3v) is 5.15. The molecule has 0 bridgehead atoms. The van der Waals surface area contributed by atoms with Gasteiger partial charge >= 0.3 is 0 Å². The lowest BCUT2D eigenvalue weighted by molar-refractivity contribution is -0.118. The summed E-state index contributed by atoms with van der Waals surface area (Å²) in [5.41, 5.74) is 0.737. The highest BCUT2D eigenvalue weighted by molar-refractivity contribution is 7.99. The molecule has 2 rings (SSSR count). The van der Waals surface area contributed by atoms with Gasteiger partial charge in [-0.2, -0.15) is 0 Å². The van der Waals surface area contributed by atoms with Crippen molar-refractivity contribution in [2.24, 2.45) is 0 Å². The van der Waals surface area contributed by atoms with Crippen LogP contribution in [0.25, 0.3) is 11.4 Å². The van der Waals surface area contributed by atoms with Crippen molar-refractivity contribution in [3.05, 3.63) is 40.9 Å². The Morgan fingerprint density at radius 3 is 2.85 bits per heavy atom. The van der Waals surface area contributed by atoms with Gasteiger partial charge in [0.1, 0.15) is 0 Å². The van der Waals surface area contributed by atoms with E-state index in [4.69, 9.17) is 23.2 Å². The Balaban J connectivity index is 2.09. The number of thioether (sulfide) groups is 1. The molecule has 0 spiro atoms. The van der Waals surface area contributed by atoms with Crippen molar-refractivity contribution in [3.8, 4) is 11.4 Å². The number of hydrogen-bond donors (Lipinski definition) is 1. The van der Waals surface area contributed by atoms with Crippen LogP contribution in [0.15, 0.2) is 36.0 Å². The second-order valence-corrected chi connectivity index (χ2v) is 7.46. The van der Waals surface area contributed by atoms with Crippen LogP contribution in [-0.2, 0) is 11.3 Å². The number of nitrogens with one attached hydrogen (secondary N) is 1. The Bertz CT molecular complexity index is 764. The van der Waals surface area contributed by atoms with Gasteiger partial charge in [-0.05, 0) is 24.6 Å². The number of carbonyl (C=O) groups is 1. The SMILES string of the molecule is C=CCn1c(SCC(=O)NCCCCC)nnc1-c1ccc(Cl)cc1Cl. The molecule has 8 heteroatoms. The monoisotopic (exact) mass is 412 g/mol. The smallest absolute Gasteiger partial charge is 0.230 e. The van der Waals surface area contributed by atoms with Gasteiger partial charge in [-0.15, -0.1) is 16.8 Å². The van der Waals surface area contributed by atoms with E-state index < -0.39 is 0 Å². The fourth-order valence-corrected chi connectivity index (χ4v) is 3.61. The van der Waals surface area contributed by atoms with Crippen LogP contribution in [0.5, 0.6) is 0 Å². The van der Waals surface area contributed by atoms with Crippen LogP contribution < -0.4 is 5.32 Å². The first-order valence-electron chi connectivity index (χ1n) is 8.45. The summed E-state index contributed by atoms with van der Waals surface area (Å²) >= 11 is 13.6. The summed E-state index contributed by atoms with van der Waals surface area (Å²) in [6, 6.07) is 5.23. The molecule has 1 aromatic heterocycles.